The van der Waals surface area contributed by atoms with Gasteiger partial charge in [-0.1, -0.05) is 82.3 Å². The fourth-order valence-electron chi connectivity index (χ4n) is 5.98. The monoisotopic (exact) mass is 583 g/mol. The number of H-pyrrole nitrogens is 1. The Kier molecular flexibility index (Phi) is 8.44. The smallest absolute Gasteiger partial charge is 0.261 e. The fraction of sp³-hybridized carbons (Fsp3) is 0.343. The van der Waals surface area contributed by atoms with Gasteiger partial charge in [-0.3, -0.25) is 9.52 Å². The van der Waals surface area contributed by atoms with Crippen LogP contribution in [0.25, 0.3) is 22.0 Å². The van der Waals surface area contributed by atoms with Crippen LogP contribution in [-0.2, 0) is 15.4 Å². The third-order valence-electron chi connectivity index (χ3n) is 8.26. The zero-order chi connectivity index (χ0) is 30.1. The van der Waals surface area contributed by atoms with Crippen molar-refractivity contribution in [2.24, 2.45) is 0 Å². The van der Waals surface area contributed by atoms with Gasteiger partial charge < -0.3 is 9.88 Å². The van der Waals surface area contributed by atoms with Crippen LogP contribution in [0.4, 0.5) is 5.69 Å². The number of benzene rings is 3. The molecule has 1 aliphatic heterocycles. The van der Waals surface area contributed by atoms with Crippen molar-refractivity contribution in [3.8, 4) is 11.1 Å². The molecule has 1 fully saturated rings. The summed E-state index contributed by atoms with van der Waals surface area (Å²) in [5.41, 5.74) is 5.32. The number of carbonyl (C=O) groups excluding carboxylic acids is 1. The van der Waals surface area contributed by atoms with Crippen LogP contribution in [0.3, 0.4) is 0 Å². The molecule has 1 aromatic heterocycles. The van der Waals surface area contributed by atoms with E-state index >= 15 is 0 Å². The molecular weight excluding hydrogens is 542 g/mol. The third-order valence-corrected chi connectivity index (χ3v) is 9.66. The summed E-state index contributed by atoms with van der Waals surface area (Å²) >= 11 is 0. The minimum Gasteiger partial charge on any atom is -0.352 e. The molecule has 2 N–H and O–H groups in total. The Morgan fingerprint density at radius 3 is 2.43 bits per heavy atom. The molecule has 6 nitrogen and oxygen atoms in total. The number of likely N-dealkylation sites (tertiary alicyclic amines) is 1. The molecule has 1 saturated heterocycles. The van der Waals surface area contributed by atoms with Crippen molar-refractivity contribution in [1.82, 2.24) is 9.88 Å². The topological polar surface area (TPSA) is 82.3 Å². The van der Waals surface area contributed by atoms with Crippen molar-refractivity contribution in [2.75, 3.05) is 17.8 Å². The predicted molar refractivity (Wildman–Crippen MR) is 173 cm³/mol. The lowest BCUT2D eigenvalue weighted by Gasteiger charge is -2.23. The maximum absolute atomic E-state index is 13.7. The molecular formula is C35H41N3O3S. The van der Waals surface area contributed by atoms with Crippen LogP contribution in [0.1, 0.15) is 69.4 Å². The highest BCUT2D eigenvalue weighted by Crippen LogP contribution is 2.36. The Bertz CT molecular complexity index is 1700. The van der Waals surface area contributed by atoms with Crippen molar-refractivity contribution in [2.45, 2.75) is 69.7 Å². The van der Waals surface area contributed by atoms with Crippen LogP contribution in [0, 0.1) is 0 Å². The highest BCUT2D eigenvalue weighted by Gasteiger charge is 2.26. The van der Waals surface area contributed by atoms with E-state index in [4.69, 9.17) is 0 Å². The molecule has 7 heteroatoms. The number of hydrogen-bond donors (Lipinski definition) is 2. The molecule has 2 heterocycles. The number of aromatic nitrogens is 1. The second-order valence-electron chi connectivity index (χ2n) is 12.4. The number of aromatic amines is 1. The SMILES string of the molecule is C=C(CC(=O)c1[nH]c2ccc(NS(=O)(=O)c3ccc(C(C)(C)C)cc3)cc2c1-c1ccccc1)CC1CCCN1CC. The summed E-state index contributed by atoms with van der Waals surface area (Å²) in [7, 11) is -3.81. The number of anilines is 1. The summed E-state index contributed by atoms with van der Waals surface area (Å²) in [5, 5.41) is 0.784. The molecule has 5 rings (SSSR count). The van der Waals surface area contributed by atoms with Gasteiger partial charge in [-0.05, 0) is 79.2 Å². The fourth-order valence-corrected chi connectivity index (χ4v) is 7.03. The summed E-state index contributed by atoms with van der Waals surface area (Å²) in [6.07, 6.45) is 3.42. The first-order valence-electron chi connectivity index (χ1n) is 14.7. The first-order valence-corrected chi connectivity index (χ1v) is 16.2. The van der Waals surface area contributed by atoms with Gasteiger partial charge in [0, 0.05) is 34.6 Å². The van der Waals surface area contributed by atoms with Gasteiger partial charge in [0.2, 0.25) is 0 Å². The van der Waals surface area contributed by atoms with Gasteiger partial charge in [-0.25, -0.2) is 8.42 Å². The van der Waals surface area contributed by atoms with Crippen molar-refractivity contribution < 1.29 is 13.2 Å². The number of nitrogens with one attached hydrogen (secondary N) is 2. The number of nitrogens with zero attached hydrogens (tertiary/aromatic N) is 1. The van der Waals surface area contributed by atoms with Gasteiger partial charge >= 0.3 is 0 Å². The van der Waals surface area contributed by atoms with Crippen LogP contribution in [0.2, 0.25) is 0 Å². The Hall–Kier alpha value is -3.68. The van der Waals surface area contributed by atoms with Gasteiger partial charge in [0.1, 0.15) is 0 Å². The molecule has 3 aromatic carbocycles. The average molecular weight is 584 g/mol. The number of sulfonamides is 1. The van der Waals surface area contributed by atoms with Crippen LogP contribution in [0.15, 0.2) is 89.8 Å². The lowest BCUT2D eigenvalue weighted by molar-refractivity contribution is 0.0987. The van der Waals surface area contributed by atoms with E-state index in [-0.39, 0.29) is 22.5 Å². The molecule has 0 aliphatic carbocycles. The molecule has 0 bridgehead atoms. The number of fused-ring (bicyclic) bond motifs is 1. The van der Waals surface area contributed by atoms with Crippen molar-refractivity contribution >= 4 is 32.4 Å². The largest absolute Gasteiger partial charge is 0.352 e. The van der Waals surface area contributed by atoms with Crippen LogP contribution in [-0.4, -0.2) is 43.2 Å². The van der Waals surface area contributed by atoms with Gasteiger partial charge in [-0.15, -0.1) is 0 Å². The molecule has 1 aliphatic rings. The Morgan fingerprint density at radius 2 is 1.76 bits per heavy atom. The third kappa shape index (κ3) is 6.37. The summed E-state index contributed by atoms with van der Waals surface area (Å²) < 4.78 is 29.3. The summed E-state index contributed by atoms with van der Waals surface area (Å²) in [6.45, 7) is 14.9. The highest BCUT2D eigenvalue weighted by atomic mass is 32.2. The standard InChI is InChI=1S/C35H41N3O3S/c1-6-38-20-10-13-28(38)21-24(2)22-32(39)34-33(25-11-8-7-9-12-25)30-23-27(16-19-31(30)36-34)37-42(40,41)29-17-14-26(15-18-29)35(3,4)5/h7-9,11-12,14-19,23,28,36-37H,2,6,10,13,20-22H2,1,3-5H3. The quantitative estimate of drug-likeness (QED) is 0.147. The summed E-state index contributed by atoms with van der Waals surface area (Å²) in [6, 6.07) is 22.6. The molecule has 1 atom stereocenters. The maximum Gasteiger partial charge on any atom is 0.261 e. The van der Waals surface area contributed by atoms with E-state index in [0.29, 0.717) is 17.4 Å². The second-order valence-corrected chi connectivity index (χ2v) is 14.0. The molecule has 42 heavy (non-hydrogen) atoms. The van der Waals surface area contributed by atoms with E-state index in [1.807, 2.05) is 48.5 Å². The Balaban J connectivity index is 1.45. The van der Waals surface area contributed by atoms with E-state index < -0.39 is 10.0 Å². The van der Waals surface area contributed by atoms with Crippen LogP contribution in [0.5, 0.6) is 0 Å². The zero-order valence-corrected chi connectivity index (χ0v) is 25.9. The minimum atomic E-state index is -3.81. The Labute approximate surface area is 249 Å². The van der Waals surface area contributed by atoms with Crippen LogP contribution < -0.4 is 4.72 Å². The number of Topliss-reactive ketones (excluding diaryl/α,β-unsaturated/α-hetero) is 1. The van der Waals surface area contributed by atoms with E-state index in [2.05, 4.69) is 48.9 Å². The molecule has 0 radical (unpaired) electrons. The van der Waals surface area contributed by atoms with E-state index in [1.54, 1.807) is 24.3 Å². The second kappa shape index (κ2) is 11.9. The average Bonchev–Trinajstić information content (AvgIpc) is 3.56. The van der Waals surface area contributed by atoms with Crippen molar-refractivity contribution in [1.29, 1.82) is 0 Å². The van der Waals surface area contributed by atoms with Crippen molar-refractivity contribution in [3.63, 3.8) is 0 Å². The molecule has 0 amide bonds. The van der Waals surface area contributed by atoms with Gasteiger partial charge in [0.25, 0.3) is 10.0 Å². The lowest BCUT2D eigenvalue weighted by Crippen LogP contribution is -2.29. The first-order chi connectivity index (χ1) is 20.0. The maximum atomic E-state index is 13.7. The van der Waals surface area contributed by atoms with E-state index in [1.165, 1.54) is 6.42 Å². The van der Waals surface area contributed by atoms with E-state index in [9.17, 15) is 13.2 Å². The van der Waals surface area contributed by atoms with Gasteiger partial charge in [0.05, 0.1) is 10.6 Å². The molecule has 220 valence electrons. The summed E-state index contributed by atoms with van der Waals surface area (Å²) in [4.78, 5) is 19.7. The highest BCUT2D eigenvalue weighted by molar-refractivity contribution is 7.92. The summed E-state index contributed by atoms with van der Waals surface area (Å²) in [5.74, 6) is -0.0165. The Morgan fingerprint density at radius 1 is 1.05 bits per heavy atom. The number of rotatable bonds is 10. The zero-order valence-electron chi connectivity index (χ0n) is 25.0. The molecule has 1 unspecified atom stereocenters. The van der Waals surface area contributed by atoms with Crippen LogP contribution >= 0.6 is 0 Å². The number of ketones is 1. The normalized spacial score (nSPS) is 16.1. The lowest BCUT2D eigenvalue weighted by atomic mass is 9.87. The number of hydrogen-bond acceptors (Lipinski definition) is 4. The van der Waals surface area contributed by atoms with Crippen molar-refractivity contribution in [3.05, 3.63) is 96.2 Å². The van der Waals surface area contributed by atoms with Gasteiger partial charge in [0.15, 0.2) is 5.78 Å². The molecule has 0 spiro atoms. The molecule has 4 aromatic rings. The molecule has 0 saturated carbocycles. The number of carbonyl (C=O) groups is 1. The predicted octanol–water partition coefficient (Wildman–Crippen LogP) is 7.94. The van der Waals surface area contributed by atoms with E-state index in [0.717, 1.165) is 59.1 Å². The van der Waals surface area contributed by atoms with Gasteiger partial charge in [-0.2, -0.15) is 0 Å². The minimum absolute atomic E-state index is 0.0165. The first kappa shape index (κ1) is 29.8.